The Kier molecular flexibility index (Phi) is 6.92. The summed E-state index contributed by atoms with van der Waals surface area (Å²) in [6.45, 7) is 1.66. The Labute approximate surface area is 182 Å². The topological polar surface area (TPSA) is 81.4 Å². The number of aryl methyl sites for hydroxylation is 2. The quantitative estimate of drug-likeness (QED) is 0.549. The number of hydrogen-bond donors (Lipinski definition) is 0. The van der Waals surface area contributed by atoms with Crippen LogP contribution in [0.5, 0.6) is 5.75 Å². The number of methoxy groups -OCH3 is 1. The van der Waals surface area contributed by atoms with Crippen LogP contribution in [-0.2, 0) is 17.6 Å². The minimum atomic E-state index is 0.234. The van der Waals surface area contributed by atoms with Gasteiger partial charge in [-0.1, -0.05) is 23.4 Å². The summed E-state index contributed by atoms with van der Waals surface area (Å²) in [5.74, 6) is 2.69. The van der Waals surface area contributed by atoms with E-state index in [0.717, 1.165) is 56.5 Å². The molecule has 0 N–H and O–H groups in total. The monoisotopic (exact) mass is 420 g/mol. The van der Waals surface area contributed by atoms with Gasteiger partial charge in [-0.3, -0.25) is 9.78 Å². The van der Waals surface area contributed by atoms with E-state index in [0.29, 0.717) is 29.7 Å². The van der Waals surface area contributed by atoms with Crippen LogP contribution in [-0.4, -0.2) is 46.1 Å². The molecule has 7 heteroatoms. The molecule has 2 aromatic heterocycles. The average molecular weight is 421 g/mol. The second kappa shape index (κ2) is 10.2. The van der Waals surface area contributed by atoms with Crippen molar-refractivity contribution in [2.24, 2.45) is 5.92 Å². The average Bonchev–Trinajstić information content (AvgIpc) is 3.31. The zero-order valence-electron chi connectivity index (χ0n) is 17.9. The molecular formula is C24H28N4O3. The number of amides is 1. The Morgan fingerprint density at radius 1 is 1.19 bits per heavy atom. The van der Waals surface area contributed by atoms with Gasteiger partial charge < -0.3 is 14.2 Å². The van der Waals surface area contributed by atoms with E-state index in [1.165, 1.54) is 0 Å². The first-order valence-corrected chi connectivity index (χ1v) is 10.9. The van der Waals surface area contributed by atoms with E-state index >= 15 is 0 Å². The predicted octanol–water partition coefficient (Wildman–Crippen LogP) is 3.94. The number of benzene rings is 1. The van der Waals surface area contributed by atoms with Gasteiger partial charge in [-0.2, -0.15) is 4.98 Å². The molecule has 0 aliphatic carbocycles. The largest absolute Gasteiger partial charge is 0.497 e. The third kappa shape index (κ3) is 5.69. The van der Waals surface area contributed by atoms with Crippen LogP contribution in [0.4, 0.5) is 0 Å². The SMILES string of the molecule is COc1ccc(CCC(=O)N2CCCC(CCc3noc(-c4ccccn4)n3)C2)cc1. The summed E-state index contributed by atoms with van der Waals surface area (Å²) in [5, 5.41) is 4.09. The van der Waals surface area contributed by atoms with Crippen molar-refractivity contribution >= 4 is 5.91 Å². The Hall–Kier alpha value is -3.22. The molecule has 31 heavy (non-hydrogen) atoms. The molecule has 3 heterocycles. The van der Waals surface area contributed by atoms with Crippen molar-refractivity contribution in [1.29, 1.82) is 0 Å². The van der Waals surface area contributed by atoms with Crippen LogP contribution >= 0.6 is 0 Å². The van der Waals surface area contributed by atoms with Gasteiger partial charge in [0.1, 0.15) is 11.4 Å². The Bertz CT molecular complexity index is 972. The van der Waals surface area contributed by atoms with Crippen molar-refractivity contribution in [3.63, 3.8) is 0 Å². The summed E-state index contributed by atoms with van der Waals surface area (Å²) in [6.07, 6.45) is 6.87. The molecule has 0 bridgehead atoms. The highest BCUT2D eigenvalue weighted by Crippen LogP contribution is 2.23. The smallest absolute Gasteiger partial charge is 0.276 e. The molecule has 1 unspecified atom stereocenters. The summed E-state index contributed by atoms with van der Waals surface area (Å²) in [7, 11) is 1.66. The summed E-state index contributed by atoms with van der Waals surface area (Å²) >= 11 is 0. The molecule has 1 saturated heterocycles. The van der Waals surface area contributed by atoms with E-state index in [1.807, 2.05) is 47.4 Å². The van der Waals surface area contributed by atoms with E-state index < -0.39 is 0 Å². The summed E-state index contributed by atoms with van der Waals surface area (Å²) in [6, 6.07) is 13.5. The molecule has 0 spiro atoms. The number of carbonyl (C=O) groups is 1. The highest BCUT2D eigenvalue weighted by atomic mass is 16.5. The molecule has 7 nitrogen and oxygen atoms in total. The van der Waals surface area contributed by atoms with E-state index in [2.05, 4.69) is 15.1 Å². The third-order valence-electron chi connectivity index (χ3n) is 5.79. The van der Waals surface area contributed by atoms with Gasteiger partial charge in [0.2, 0.25) is 5.91 Å². The maximum Gasteiger partial charge on any atom is 0.276 e. The van der Waals surface area contributed by atoms with Crippen molar-refractivity contribution in [3.8, 4) is 17.3 Å². The highest BCUT2D eigenvalue weighted by molar-refractivity contribution is 5.76. The lowest BCUT2D eigenvalue weighted by molar-refractivity contribution is -0.133. The van der Waals surface area contributed by atoms with Gasteiger partial charge in [0, 0.05) is 32.1 Å². The Morgan fingerprint density at radius 2 is 2.06 bits per heavy atom. The molecule has 162 valence electrons. The normalized spacial score (nSPS) is 16.3. The number of carbonyl (C=O) groups excluding carboxylic acids is 1. The fraction of sp³-hybridized carbons (Fsp3) is 0.417. The maximum atomic E-state index is 12.7. The van der Waals surface area contributed by atoms with Crippen molar-refractivity contribution < 1.29 is 14.1 Å². The first-order valence-electron chi connectivity index (χ1n) is 10.9. The van der Waals surface area contributed by atoms with E-state index in [-0.39, 0.29) is 5.91 Å². The Morgan fingerprint density at radius 3 is 2.84 bits per heavy atom. The second-order valence-electron chi connectivity index (χ2n) is 7.97. The van der Waals surface area contributed by atoms with Crippen molar-refractivity contribution in [2.75, 3.05) is 20.2 Å². The number of rotatable bonds is 8. The third-order valence-corrected chi connectivity index (χ3v) is 5.79. The van der Waals surface area contributed by atoms with Crippen LogP contribution in [0.2, 0.25) is 0 Å². The van der Waals surface area contributed by atoms with Crippen LogP contribution < -0.4 is 4.74 Å². The molecular weight excluding hydrogens is 392 g/mol. The number of nitrogens with zero attached hydrogens (tertiary/aromatic N) is 4. The summed E-state index contributed by atoms with van der Waals surface area (Å²) in [4.78, 5) is 23.5. The number of aromatic nitrogens is 3. The lowest BCUT2D eigenvalue weighted by atomic mass is 9.93. The van der Waals surface area contributed by atoms with Gasteiger partial charge in [0.25, 0.3) is 5.89 Å². The number of ether oxygens (including phenoxy) is 1. The van der Waals surface area contributed by atoms with Crippen LogP contribution in [0.25, 0.3) is 11.6 Å². The van der Waals surface area contributed by atoms with Gasteiger partial charge in [0.15, 0.2) is 5.82 Å². The van der Waals surface area contributed by atoms with Gasteiger partial charge in [-0.25, -0.2) is 0 Å². The summed E-state index contributed by atoms with van der Waals surface area (Å²) < 4.78 is 10.5. The van der Waals surface area contributed by atoms with Gasteiger partial charge in [-0.05, 0) is 61.4 Å². The predicted molar refractivity (Wildman–Crippen MR) is 116 cm³/mol. The molecule has 1 amide bonds. The van der Waals surface area contributed by atoms with E-state index in [4.69, 9.17) is 9.26 Å². The lowest BCUT2D eigenvalue weighted by Crippen LogP contribution is -2.40. The highest BCUT2D eigenvalue weighted by Gasteiger charge is 2.24. The van der Waals surface area contributed by atoms with E-state index in [1.54, 1.807) is 13.3 Å². The second-order valence-corrected chi connectivity index (χ2v) is 7.97. The van der Waals surface area contributed by atoms with Crippen LogP contribution in [0, 0.1) is 5.92 Å². The first-order chi connectivity index (χ1) is 15.2. The van der Waals surface area contributed by atoms with Crippen molar-refractivity contribution in [1.82, 2.24) is 20.0 Å². The maximum absolute atomic E-state index is 12.7. The number of pyridine rings is 1. The molecule has 4 rings (SSSR count). The van der Waals surface area contributed by atoms with Gasteiger partial charge >= 0.3 is 0 Å². The fourth-order valence-corrected chi connectivity index (χ4v) is 4.01. The minimum absolute atomic E-state index is 0.234. The molecule has 3 aromatic rings. The van der Waals surface area contributed by atoms with Gasteiger partial charge in [-0.15, -0.1) is 0 Å². The number of likely N-dealkylation sites (tertiary alicyclic amines) is 1. The lowest BCUT2D eigenvalue weighted by Gasteiger charge is -2.32. The molecule has 1 atom stereocenters. The molecule has 1 aliphatic heterocycles. The standard InChI is InChI=1S/C24H28N4O3/c1-30-20-11-7-18(8-12-20)10-14-23(29)28-16-4-5-19(17-28)9-13-22-26-24(31-27-22)21-6-2-3-15-25-21/h2-3,6-8,11-12,15,19H,4-5,9-10,13-14,16-17H2,1H3. The molecule has 1 fully saturated rings. The summed E-state index contributed by atoms with van der Waals surface area (Å²) in [5.41, 5.74) is 1.84. The minimum Gasteiger partial charge on any atom is -0.497 e. The molecule has 1 aliphatic rings. The first kappa shape index (κ1) is 21.0. The Balaban J connectivity index is 1.24. The molecule has 0 radical (unpaired) electrons. The van der Waals surface area contributed by atoms with Crippen LogP contribution in [0.15, 0.2) is 53.2 Å². The zero-order valence-corrected chi connectivity index (χ0v) is 17.9. The number of piperidine rings is 1. The van der Waals surface area contributed by atoms with Gasteiger partial charge in [0.05, 0.1) is 7.11 Å². The zero-order chi connectivity index (χ0) is 21.5. The van der Waals surface area contributed by atoms with Crippen LogP contribution in [0.3, 0.4) is 0 Å². The fourth-order valence-electron chi connectivity index (χ4n) is 4.01. The van der Waals surface area contributed by atoms with E-state index in [9.17, 15) is 4.79 Å². The van der Waals surface area contributed by atoms with Crippen molar-refractivity contribution in [2.45, 2.75) is 38.5 Å². The number of hydrogen-bond acceptors (Lipinski definition) is 6. The molecule has 0 saturated carbocycles. The molecule has 1 aromatic carbocycles. The van der Waals surface area contributed by atoms with Crippen LogP contribution in [0.1, 0.15) is 37.1 Å². The van der Waals surface area contributed by atoms with Crippen molar-refractivity contribution in [3.05, 3.63) is 60.0 Å².